The maximum Gasteiger partial charge on any atom is 0.290 e. The van der Waals surface area contributed by atoms with E-state index in [-0.39, 0.29) is 17.1 Å². The molecule has 1 amide bonds. The number of ether oxygens (including phenoxy) is 2. The number of carbonyl (C=O) groups excluding carboxylic acids is 1. The predicted octanol–water partition coefficient (Wildman–Crippen LogP) is 5.72. The van der Waals surface area contributed by atoms with Crippen LogP contribution in [0, 0.1) is 0 Å². The maximum absolute atomic E-state index is 13.5. The highest BCUT2D eigenvalue weighted by atomic mass is 16.5. The van der Waals surface area contributed by atoms with E-state index in [1.54, 1.807) is 36.3 Å². The number of amides is 1. The van der Waals surface area contributed by atoms with E-state index in [1.807, 2.05) is 25.1 Å². The molecule has 0 radical (unpaired) electrons. The van der Waals surface area contributed by atoms with Gasteiger partial charge in [-0.2, -0.15) is 0 Å². The Balaban J connectivity index is 1.74. The average Bonchev–Trinajstić information content (AvgIpc) is 3.11. The van der Waals surface area contributed by atoms with Crippen molar-refractivity contribution >= 4 is 16.9 Å². The Labute approximate surface area is 194 Å². The molecule has 0 fully saturated rings. The molecular weight excluding hydrogens is 418 g/mol. The molecule has 4 rings (SSSR count). The number of methoxy groups -OCH3 is 1. The van der Waals surface area contributed by atoms with Gasteiger partial charge in [-0.1, -0.05) is 51.3 Å². The fourth-order valence-corrected chi connectivity index (χ4v) is 4.47. The second kappa shape index (κ2) is 10.1. The van der Waals surface area contributed by atoms with E-state index in [0.29, 0.717) is 41.2 Å². The monoisotopic (exact) mass is 449 g/mol. The van der Waals surface area contributed by atoms with E-state index in [9.17, 15) is 9.59 Å². The number of hydrogen-bond donors (Lipinski definition) is 0. The first-order valence-corrected chi connectivity index (χ1v) is 11.8. The summed E-state index contributed by atoms with van der Waals surface area (Å²) in [5.41, 5.74) is 1.45. The fourth-order valence-electron chi connectivity index (χ4n) is 4.47. The molecule has 0 N–H and O–H groups in total. The Morgan fingerprint density at radius 2 is 1.79 bits per heavy atom. The van der Waals surface area contributed by atoms with E-state index in [1.165, 1.54) is 12.8 Å². The first-order valence-electron chi connectivity index (χ1n) is 11.8. The van der Waals surface area contributed by atoms with Crippen LogP contribution in [0.3, 0.4) is 0 Å². The Hall–Kier alpha value is -3.28. The minimum Gasteiger partial charge on any atom is -0.493 e. The molecule has 0 saturated heterocycles. The molecule has 174 valence electrons. The number of unbranched alkanes of at least 4 members (excludes halogenated alkanes) is 3. The van der Waals surface area contributed by atoms with Gasteiger partial charge in [0, 0.05) is 6.54 Å². The molecule has 1 aliphatic rings. The number of para-hydroxylation sites is 1. The summed E-state index contributed by atoms with van der Waals surface area (Å²) in [4.78, 5) is 28.4. The van der Waals surface area contributed by atoms with Gasteiger partial charge in [0.15, 0.2) is 16.9 Å². The topological polar surface area (TPSA) is 69.0 Å². The number of benzene rings is 2. The Kier molecular flexibility index (Phi) is 7.02. The molecule has 6 heteroatoms. The number of rotatable bonds is 10. The summed E-state index contributed by atoms with van der Waals surface area (Å²) in [6.07, 6.45) is 5.26. The lowest BCUT2D eigenvalue weighted by Crippen LogP contribution is -2.30. The van der Waals surface area contributed by atoms with Crippen molar-refractivity contribution in [1.29, 1.82) is 0 Å². The van der Waals surface area contributed by atoms with Crippen LogP contribution in [-0.4, -0.2) is 31.1 Å². The number of carbonyl (C=O) groups is 1. The Bertz CT molecular complexity index is 1200. The summed E-state index contributed by atoms with van der Waals surface area (Å²) < 4.78 is 17.5. The van der Waals surface area contributed by atoms with E-state index in [0.717, 1.165) is 24.8 Å². The van der Waals surface area contributed by atoms with Crippen molar-refractivity contribution < 1.29 is 18.7 Å². The Morgan fingerprint density at radius 3 is 2.55 bits per heavy atom. The zero-order valence-corrected chi connectivity index (χ0v) is 19.6. The van der Waals surface area contributed by atoms with Gasteiger partial charge < -0.3 is 18.8 Å². The molecule has 1 aromatic heterocycles. The van der Waals surface area contributed by atoms with Crippen molar-refractivity contribution in [2.24, 2.45) is 0 Å². The van der Waals surface area contributed by atoms with Gasteiger partial charge in [0.05, 0.1) is 30.7 Å². The van der Waals surface area contributed by atoms with Gasteiger partial charge in [-0.3, -0.25) is 9.59 Å². The molecule has 2 aromatic carbocycles. The molecule has 1 aliphatic heterocycles. The second-order valence-electron chi connectivity index (χ2n) is 8.39. The van der Waals surface area contributed by atoms with Crippen molar-refractivity contribution in [2.75, 3.05) is 20.3 Å². The van der Waals surface area contributed by atoms with Gasteiger partial charge in [0.1, 0.15) is 5.58 Å². The molecule has 0 bridgehead atoms. The molecule has 0 saturated carbocycles. The van der Waals surface area contributed by atoms with Crippen molar-refractivity contribution in [3.8, 4) is 11.5 Å². The van der Waals surface area contributed by atoms with Gasteiger partial charge in [-0.05, 0) is 42.7 Å². The third kappa shape index (κ3) is 4.34. The van der Waals surface area contributed by atoms with Crippen LogP contribution < -0.4 is 14.9 Å². The van der Waals surface area contributed by atoms with Crippen LogP contribution in [-0.2, 0) is 0 Å². The summed E-state index contributed by atoms with van der Waals surface area (Å²) in [7, 11) is 1.60. The highest BCUT2D eigenvalue weighted by Gasteiger charge is 2.42. The van der Waals surface area contributed by atoms with Gasteiger partial charge in [0.2, 0.25) is 5.76 Å². The lowest BCUT2D eigenvalue weighted by molar-refractivity contribution is 0.0728. The standard InChI is InChI=1S/C27H31NO5/c1-4-6-7-10-16-32-21-14-13-18(17-22(21)31-3)24-23-25(29)19-11-8-9-12-20(19)33-26(23)27(30)28(24)15-5-2/h8-9,11-14,17,24H,4-7,10,15-16H2,1-3H3/t24-/m1/s1. The quantitative estimate of drug-likeness (QED) is 0.371. The highest BCUT2D eigenvalue weighted by Crippen LogP contribution is 2.41. The van der Waals surface area contributed by atoms with E-state index in [4.69, 9.17) is 13.9 Å². The largest absolute Gasteiger partial charge is 0.493 e. The van der Waals surface area contributed by atoms with Gasteiger partial charge in [-0.25, -0.2) is 0 Å². The minimum atomic E-state index is -0.527. The van der Waals surface area contributed by atoms with Gasteiger partial charge >= 0.3 is 0 Å². The first-order chi connectivity index (χ1) is 16.1. The molecule has 3 aromatic rings. The molecular formula is C27H31NO5. The molecule has 0 spiro atoms. The van der Waals surface area contributed by atoms with Crippen LogP contribution in [0.2, 0.25) is 0 Å². The third-order valence-corrected chi connectivity index (χ3v) is 6.10. The van der Waals surface area contributed by atoms with Crippen LogP contribution in [0.4, 0.5) is 0 Å². The summed E-state index contributed by atoms with van der Waals surface area (Å²) in [5, 5.41) is 0.478. The fraction of sp³-hybridized carbons (Fsp3) is 0.407. The third-order valence-electron chi connectivity index (χ3n) is 6.10. The average molecular weight is 450 g/mol. The normalized spacial score (nSPS) is 15.2. The van der Waals surface area contributed by atoms with E-state index < -0.39 is 6.04 Å². The SMILES string of the molecule is CCCCCCOc1ccc([C@@H]2c3c(oc4ccccc4c3=O)C(=O)N2CCC)cc1OC. The van der Waals surface area contributed by atoms with Crippen molar-refractivity contribution in [3.05, 3.63) is 69.6 Å². The maximum atomic E-state index is 13.5. The summed E-state index contributed by atoms with van der Waals surface area (Å²) in [6, 6.07) is 12.2. The molecule has 1 atom stereocenters. The van der Waals surface area contributed by atoms with Crippen LogP contribution in [0.25, 0.3) is 11.0 Å². The van der Waals surface area contributed by atoms with Crippen LogP contribution in [0.15, 0.2) is 51.7 Å². The predicted molar refractivity (Wildman–Crippen MR) is 128 cm³/mol. The van der Waals surface area contributed by atoms with Crippen LogP contribution in [0.5, 0.6) is 11.5 Å². The number of hydrogen-bond acceptors (Lipinski definition) is 5. The second-order valence-corrected chi connectivity index (χ2v) is 8.39. The number of nitrogens with zero attached hydrogens (tertiary/aromatic N) is 1. The minimum absolute atomic E-state index is 0.132. The van der Waals surface area contributed by atoms with Gasteiger partial charge in [0.25, 0.3) is 5.91 Å². The van der Waals surface area contributed by atoms with Crippen molar-refractivity contribution in [3.63, 3.8) is 0 Å². The summed E-state index contributed by atoms with van der Waals surface area (Å²) in [5.74, 6) is 1.13. The van der Waals surface area contributed by atoms with Crippen LogP contribution >= 0.6 is 0 Å². The Morgan fingerprint density at radius 1 is 0.970 bits per heavy atom. The molecule has 33 heavy (non-hydrogen) atoms. The van der Waals surface area contributed by atoms with E-state index in [2.05, 4.69) is 6.92 Å². The number of fused-ring (bicyclic) bond motifs is 2. The first kappa shape index (κ1) is 22.9. The van der Waals surface area contributed by atoms with Crippen molar-refractivity contribution in [1.82, 2.24) is 4.90 Å². The lowest BCUT2D eigenvalue weighted by Gasteiger charge is -2.25. The van der Waals surface area contributed by atoms with Gasteiger partial charge in [-0.15, -0.1) is 0 Å². The summed E-state index contributed by atoms with van der Waals surface area (Å²) in [6.45, 7) is 5.33. The highest BCUT2D eigenvalue weighted by molar-refractivity contribution is 5.99. The zero-order chi connectivity index (χ0) is 23.4. The molecule has 6 nitrogen and oxygen atoms in total. The summed E-state index contributed by atoms with van der Waals surface area (Å²) >= 11 is 0. The van der Waals surface area contributed by atoms with Crippen molar-refractivity contribution in [2.45, 2.75) is 52.0 Å². The van der Waals surface area contributed by atoms with Crippen LogP contribution in [0.1, 0.15) is 73.7 Å². The lowest BCUT2D eigenvalue weighted by atomic mass is 9.98. The van der Waals surface area contributed by atoms with E-state index >= 15 is 0 Å². The molecule has 2 heterocycles. The molecule has 0 unspecified atom stereocenters. The smallest absolute Gasteiger partial charge is 0.290 e. The molecule has 0 aliphatic carbocycles. The zero-order valence-electron chi connectivity index (χ0n) is 19.6.